The highest BCUT2D eigenvalue weighted by atomic mass is 35.5. The smallest absolute Gasteiger partial charge is 0.256 e. The number of rotatable bonds is 1. The van der Waals surface area contributed by atoms with Crippen molar-refractivity contribution < 1.29 is 4.79 Å². The number of carbonyl (C=O) groups excluding carboxylic acids is 1. The Balaban J connectivity index is 2.10. The lowest BCUT2D eigenvalue weighted by Gasteiger charge is -2.50. The number of hydrogen-bond donors (Lipinski definition) is 1. The minimum absolute atomic E-state index is 0.0729. The Hall–Kier alpha value is -2.05. The fourth-order valence-corrected chi connectivity index (χ4v) is 5.34. The van der Waals surface area contributed by atoms with Crippen molar-refractivity contribution >= 4 is 28.8 Å². The molecule has 0 bridgehead atoms. The van der Waals surface area contributed by atoms with Gasteiger partial charge in [0, 0.05) is 16.8 Å². The number of hydrogen-bond acceptors (Lipinski definition) is 1. The molecule has 3 nitrogen and oxygen atoms in total. The molecule has 0 spiro atoms. The normalized spacial score (nSPS) is 34.7. The van der Waals surface area contributed by atoms with Crippen LogP contribution in [0.5, 0.6) is 0 Å². The Labute approximate surface area is 153 Å². The molecule has 128 valence electrons. The molecular weight excluding hydrogens is 332 g/mol. The predicted octanol–water partition coefficient (Wildman–Crippen LogP) is 4.79. The minimum Gasteiger partial charge on any atom is -0.321 e. The van der Waals surface area contributed by atoms with Gasteiger partial charge >= 0.3 is 0 Å². The van der Waals surface area contributed by atoms with Crippen LogP contribution in [-0.2, 0) is 10.2 Å². The maximum atomic E-state index is 12.8. The first kappa shape index (κ1) is 16.4. The van der Waals surface area contributed by atoms with Gasteiger partial charge in [0.1, 0.15) is 0 Å². The molecule has 1 heterocycles. The quantitative estimate of drug-likeness (QED) is 0.440. The number of amides is 1. The van der Waals surface area contributed by atoms with Crippen LogP contribution >= 0.6 is 11.6 Å². The van der Waals surface area contributed by atoms with Crippen molar-refractivity contribution in [3.63, 3.8) is 0 Å². The Morgan fingerprint density at radius 2 is 2.12 bits per heavy atom. The molecule has 0 aromatic heterocycles. The van der Waals surface area contributed by atoms with Crippen LogP contribution in [-0.4, -0.2) is 17.3 Å². The minimum atomic E-state index is -0.548. The lowest BCUT2D eigenvalue weighted by atomic mass is 9.53. The van der Waals surface area contributed by atoms with Gasteiger partial charge in [-0.25, -0.2) is 6.57 Å². The average molecular weight is 353 g/mol. The number of alkyl halides is 1. The third kappa shape index (κ3) is 1.84. The van der Waals surface area contributed by atoms with E-state index in [1.165, 1.54) is 5.56 Å². The summed E-state index contributed by atoms with van der Waals surface area (Å²) in [6.07, 6.45) is 2.54. The van der Waals surface area contributed by atoms with Crippen molar-refractivity contribution in [2.45, 2.75) is 44.0 Å². The first-order valence-corrected chi connectivity index (χ1v) is 9.04. The van der Waals surface area contributed by atoms with E-state index in [0.29, 0.717) is 5.57 Å². The molecule has 0 unspecified atom stereocenters. The second-order valence-corrected chi connectivity index (χ2v) is 8.62. The van der Waals surface area contributed by atoms with E-state index in [2.05, 4.69) is 36.7 Å². The lowest BCUT2D eigenvalue weighted by molar-refractivity contribution is -0.110. The molecule has 2 aliphatic carbocycles. The van der Waals surface area contributed by atoms with Crippen LogP contribution in [0.15, 0.2) is 36.4 Å². The highest BCUT2D eigenvalue weighted by molar-refractivity contribution is 6.33. The molecular formula is C21H21ClN2O. The van der Waals surface area contributed by atoms with Gasteiger partial charge in [-0.1, -0.05) is 32.1 Å². The van der Waals surface area contributed by atoms with Gasteiger partial charge in [-0.2, -0.15) is 0 Å². The van der Waals surface area contributed by atoms with E-state index in [9.17, 15) is 4.79 Å². The molecule has 4 heteroatoms. The fraction of sp³-hybridized carbons (Fsp3) is 0.429. The second-order valence-electron chi connectivity index (χ2n) is 8.09. The SMILES string of the molecule is [C-]#[N+][C@@H]1C2=C3C(=O)Nc4cccc(c43)C(C)(C)[C@H]2C[C@@H](Cl)[C@]1(C)C=C. The molecule has 1 aliphatic heterocycles. The van der Waals surface area contributed by atoms with E-state index in [0.717, 1.165) is 23.2 Å². The van der Waals surface area contributed by atoms with Crippen LogP contribution in [0.1, 0.15) is 38.3 Å². The van der Waals surface area contributed by atoms with Gasteiger partial charge in [0.15, 0.2) is 0 Å². The van der Waals surface area contributed by atoms with E-state index in [1.54, 1.807) is 6.08 Å². The zero-order valence-corrected chi connectivity index (χ0v) is 15.4. The zero-order valence-electron chi connectivity index (χ0n) is 14.7. The summed E-state index contributed by atoms with van der Waals surface area (Å²) < 4.78 is 0. The van der Waals surface area contributed by atoms with Crippen molar-refractivity contribution in [3.05, 3.63) is 59.0 Å². The summed E-state index contributed by atoms with van der Waals surface area (Å²) in [7, 11) is 0. The number of nitrogens with zero attached hydrogens (tertiary/aromatic N) is 1. The van der Waals surface area contributed by atoms with Gasteiger partial charge < -0.3 is 10.2 Å². The summed E-state index contributed by atoms with van der Waals surface area (Å²) in [6, 6.07) is 5.57. The zero-order chi connectivity index (χ0) is 18.1. The van der Waals surface area contributed by atoms with Crippen LogP contribution in [0.2, 0.25) is 0 Å². The molecule has 0 saturated heterocycles. The summed E-state index contributed by atoms with van der Waals surface area (Å²) in [5.41, 5.74) is 3.93. The molecule has 1 saturated carbocycles. The Bertz CT molecular complexity index is 892. The summed E-state index contributed by atoms with van der Waals surface area (Å²) in [6.45, 7) is 18.2. The van der Waals surface area contributed by atoms with Crippen molar-refractivity contribution in [2.24, 2.45) is 11.3 Å². The van der Waals surface area contributed by atoms with E-state index in [-0.39, 0.29) is 22.6 Å². The maximum Gasteiger partial charge on any atom is 0.256 e. The van der Waals surface area contributed by atoms with Gasteiger partial charge in [0.05, 0.1) is 16.4 Å². The number of halogens is 1. The number of benzene rings is 1. The second kappa shape index (κ2) is 4.99. The monoisotopic (exact) mass is 352 g/mol. The van der Waals surface area contributed by atoms with E-state index in [1.807, 2.05) is 19.1 Å². The maximum absolute atomic E-state index is 12.8. The number of fused-ring (bicyclic) bond motifs is 1. The molecule has 1 aromatic carbocycles. The summed E-state index contributed by atoms with van der Waals surface area (Å²) in [5, 5.41) is 2.80. The van der Waals surface area contributed by atoms with Gasteiger partial charge in [0.25, 0.3) is 11.9 Å². The molecule has 1 aromatic rings. The Morgan fingerprint density at radius 1 is 1.40 bits per heavy atom. The summed E-state index contributed by atoms with van der Waals surface area (Å²) in [4.78, 5) is 16.8. The van der Waals surface area contributed by atoms with Gasteiger partial charge in [0.2, 0.25) is 0 Å². The lowest BCUT2D eigenvalue weighted by Crippen LogP contribution is -2.51. The number of carbonyl (C=O) groups is 1. The van der Waals surface area contributed by atoms with Crippen LogP contribution in [0.3, 0.4) is 0 Å². The third-order valence-corrected chi connectivity index (χ3v) is 7.24. The molecule has 1 N–H and O–H groups in total. The largest absolute Gasteiger partial charge is 0.321 e. The first-order valence-electron chi connectivity index (χ1n) is 8.60. The average Bonchev–Trinajstić information content (AvgIpc) is 2.91. The van der Waals surface area contributed by atoms with Crippen molar-refractivity contribution in [1.82, 2.24) is 0 Å². The fourth-order valence-electron chi connectivity index (χ4n) is 4.95. The van der Waals surface area contributed by atoms with Gasteiger partial charge in [-0.15, -0.1) is 18.2 Å². The predicted molar refractivity (Wildman–Crippen MR) is 101 cm³/mol. The number of anilines is 1. The molecule has 0 radical (unpaired) electrons. The van der Waals surface area contributed by atoms with Gasteiger partial charge in [-0.05, 0) is 36.3 Å². The molecule has 3 aliphatic rings. The van der Waals surface area contributed by atoms with E-state index in [4.69, 9.17) is 18.2 Å². The number of nitrogens with one attached hydrogen (secondary N) is 1. The highest BCUT2D eigenvalue weighted by Crippen LogP contribution is 2.60. The molecule has 1 amide bonds. The standard InChI is InChI=1S/C21H21ClN2O/c1-6-21(4)14(22)10-12-16(18(21)23-5)17-15-11(20(12,2)3)8-7-9-13(15)24-19(17)25/h6-9,12,14,18H,1,10H2,2-4H3,(H,24,25)/t12-,14+,18+,21-/m0/s1. The summed E-state index contributed by atoms with van der Waals surface area (Å²) in [5.74, 6) is -0.0187. The third-order valence-electron chi connectivity index (χ3n) is 6.59. The summed E-state index contributed by atoms with van der Waals surface area (Å²) >= 11 is 6.77. The molecule has 25 heavy (non-hydrogen) atoms. The van der Waals surface area contributed by atoms with Crippen molar-refractivity contribution in [2.75, 3.05) is 5.32 Å². The Kier molecular flexibility index (Phi) is 3.28. The Morgan fingerprint density at radius 3 is 2.76 bits per heavy atom. The van der Waals surface area contributed by atoms with Crippen LogP contribution in [0.4, 0.5) is 5.69 Å². The van der Waals surface area contributed by atoms with Crippen molar-refractivity contribution in [3.8, 4) is 0 Å². The highest BCUT2D eigenvalue weighted by Gasteiger charge is 2.59. The van der Waals surface area contributed by atoms with Crippen LogP contribution < -0.4 is 5.32 Å². The molecule has 1 fully saturated rings. The first-order chi connectivity index (χ1) is 11.8. The van der Waals surface area contributed by atoms with Crippen LogP contribution in [0.25, 0.3) is 10.4 Å². The van der Waals surface area contributed by atoms with E-state index < -0.39 is 11.5 Å². The molecule has 4 rings (SSSR count). The van der Waals surface area contributed by atoms with Crippen LogP contribution in [0, 0.1) is 17.9 Å². The van der Waals surface area contributed by atoms with E-state index >= 15 is 0 Å². The van der Waals surface area contributed by atoms with Gasteiger partial charge in [-0.3, -0.25) is 4.79 Å². The molecule has 4 atom stereocenters. The van der Waals surface area contributed by atoms with Crippen molar-refractivity contribution in [1.29, 1.82) is 0 Å². The topological polar surface area (TPSA) is 33.5 Å².